The van der Waals surface area contributed by atoms with Crippen LogP contribution < -0.4 is 10.6 Å². The summed E-state index contributed by atoms with van der Waals surface area (Å²) in [4.78, 5) is 13.8. The van der Waals surface area contributed by atoms with Crippen LogP contribution in [0.3, 0.4) is 0 Å². The standard InChI is InChI=1S/C11H21N3O2/c1-12-9-2-5-14(6-3-9)11(15)13-10-4-7-16-8-10/h9-10,12H,2-8H2,1H3,(H,13,15). The van der Waals surface area contributed by atoms with Gasteiger partial charge < -0.3 is 20.3 Å². The van der Waals surface area contributed by atoms with Crippen LogP contribution in [0.2, 0.25) is 0 Å². The van der Waals surface area contributed by atoms with Crippen LogP contribution in [0.1, 0.15) is 19.3 Å². The third-order valence-corrected chi connectivity index (χ3v) is 3.45. The Hall–Kier alpha value is -0.810. The molecular weight excluding hydrogens is 206 g/mol. The zero-order valence-corrected chi connectivity index (χ0v) is 9.87. The number of nitrogens with one attached hydrogen (secondary N) is 2. The van der Waals surface area contributed by atoms with Crippen molar-refractivity contribution in [3.05, 3.63) is 0 Å². The van der Waals surface area contributed by atoms with Gasteiger partial charge in [-0.3, -0.25) is 0 Å². The molecule has 2 aliphatic rings. The highest BCUT2D eigenvalue weighted by molar-refractivity contribution is 5.74. The Labute approximate surface area is 96.5 Å². The van der Waals surface area contributed by atoms with E-state index >= 15 is 0 Å². The van der Waals surface area contributed by atoms with Crippen LogP contribution in [0.4, 0.5) is 4.79 Å². The molecule has 0 radical (unpaired) electrons. The minimum absolute atomic E-state index is 0.0741. The molecule has 1 atom stereocenters. The summed E-state index contributed by atoms with van der Waals surface area (Å²) in [7, 11) is 1.98. The van der Waals surface area contributed by atoms with Crippen LogP contribution >= 0.6 is 0 Å². The van der Waals surface area contributed by atoms with E-state index in [-0.39, 0.29) is 12.1 Å². The molecule has 0 aromatic carbocycles. The first-order chi connectivity index (χ1) is 7.79. The third kappa shape index (κ3) is 2.86. The number of piperidine rings is 1. The smallest absolute Gasteiger partial charge is 0.317 e. The lowest BCUT2D eigenvalue weighted by molar-refractivity contribution is 0.166. The van der Waals surface area contributed by atoms with Crippen molar-refractivity contribution in [2.24, 2.45) is 0 Å². The molecule has 0 aromatic rings. The molecule has 2 heterocycles. The molecule has 2 N–H and O–H groups in total. The SMILES string of the molecule is CNC1CCN(C(=O)NC2CCOC2)CC1. The minimum atomic E-state index is 0.0741. The van der Waals surface area contributed by atoms with E-state index in [0.29, 0.717) is 12.6 Å². The molecular formula is C11H21N3O2. The average Bonchev–Trinajstić information content (AvgIpc) is 2.82. The number of hydrogen-bond acceptors (Lipinski definition) is 3. The molecule has 5 heteroatoms. The fourth-order valence-electron chi connectivity index (χ4n) is 2.29. The summed E-state index contributed by atoms with van der Waals surface area (Å²) in [6.45, 7) is 3.14. The second-order valence-corrected chi connectivity index (χ2v) is 4.56. The molecule has 0 spiro atoms. The topological polar surface area (TPSA) is 53.6 Å². The maximum atomic E-state index is 11.9. The van der Waals surface area contributed by atoms with Crippen molar-refractivity contribution in [3.8, 4) is 0 Å². The molecule has 0 bridgehead atoms. The van der Waals surface area contributed by atoms with Gasteiger partial charge in [0.25, 0.3) is 0 Å². The molecule has 2 aliphatic heterocycles. The first-order valence-electron chi connectivity index (χ1n) is 6.10. The molecule has 2 rings (SSSR count). The van der Waals surface area contributed by atoms with Gasteiger partial charge in [-0.25, -0.2) is 4.79 Å². The normalized spacial score (nSPS) is 27.1. The van der Waals surface area contributed by atoms with Crippen molar-refractivity contribution in [1.29, 1.82) is 0 Å². The summed E-state index contributed by atoms with van der Waals surface area (Å²) < 4.78 is 5.24. The van der Waals surface area contributed by atoms with Crippen molar-refractivity contribution in [2.45, 2.75) is 31.3 Å². The van der Waals surface area contributed by atoms with Crippen LogP contribution in [0.5, 0.6) is 0 Å². The van der Waals surface area contributed by atoms with Gasteiger partial charge in [-0.2, -0.15) is 0 Å². The Morgan fingerprint density at radius 1 is 1.25 bits per heavy atom. The van der Waals surface area contributed by atoms with Gasteiger partial charge in [0.2, 0.25) is 0 Å². The van der Waals surface area contributed by atoms with Gasteiger partial charge in [-0.05, 0) is 26.3 Å². The highest BCUT2D eigenvalue weighted by Crippen LogP contribution is 2.11. The van der Waals surface area contributed by atoms with Gasteiger partial charge in [0.1, 0.15) is 0 Å². The number of hydrogen-bond donors (Lipinski definition) is 2. The van der Waals surface area contributed by atoms with Gasteiger partial charge in [0.05, 0.1) is 12.6 Å². The first kappa shape index (κ1) is 11.7. The lowest BCUT2D eigenvalue weighted by Crippen LogP contribution is -2.50. The zero-order valence-electron chi connectivity index (χ0n) is 9.87. The fraction of sp³-hybridized carbons (Fsp3) is 0.909. The number of urea groups is 1. The van der Waals surface area contributed by atoms with Gasteiger partial charge >= 0.3 is 6.03 Å². The monoisotopic (exact) mass is 227 g/mol. The summed E-state index contributed by atoms with van der Waals surface area (Å²) in [5.74, 6) is 0. The number of ether oxygens (including phenoxy) is 1. The van der Waals surface area contributed by atoms with E-state index in [1.165, 1.54) is 0 Å². The second kappa shape index (κ2) is 5.50. The van der Waals surface area contributed by atoms with Gasteiger partial charge in [-0.15, -0.1) is 0 Å². The van der Waals surface area contributed by atoms with Crippen molar-refractivity contribution < 1.29 is 9.53 Å². The Kier molecular flexibility index (Phi) is 4.01. The third-order valence-electron chi connectivity index (χ3n) is 3.45. The van der Waals surface area contributed by atoms with E-state index in [1.54, 1.807) is 0 Å². The van der Waals surface area contributed by atoms with E-state index in [2.05, 4.69) is 10.6 Å². The van der Waals surface area contributed by atoms with Crippen LogP contribution in [-0.4, -0.2) is 56.4 Å². The number of amides is 2. The van der Waals surface area contributed by atoms with E-state index < -0.39 is 0 Å². The van der Waals surface area contributed by atoms with Crippen molar-refractivity contribution >= 4 is 6.03 Å². The first-order valence-corrected chi connectivity index (χ1v) is 6.10. The maximum absolute atomic E-state index is 11.9. The molecule has 2 saturated heterocycles. The predicted octanol–water partition coefficient (Wildman–Crippen LogP) is 0.169. The molecule has 92 valence electrons. The lowest BCUT2D eigenvalue weighted by atomic mass is 10.1. The molecule has 2 amide bonds. The summed E-state index contributed by atoms with van der Waals surface area (Å²) in [6, 6.07) is 0.860. The van der Waals surface area contributed by atoms with E-state index in [1.807, 2.05) is 11.9 Å². The van der Waals surface area contributed by atoms with Crippen LogP contribution in [0.15, 0.2) is 0 Å². The molecule has 0 aliphatic carbocycles. The van der Waals surface area contributed by atoms with Crippen LogP contribution in [0, 0.1) is 0 Å². The molecule has 5 nitrogen and oxygen atoms in total. The maximum Gasteiger partial charge on any atom is 0.317 e. The van der Waals surface area contributed by atoms with Crippen molar-refractivity contribution in [3.63, 3.8) is 0 Å². The minimum Gasteiger partial charge on any atom is -0.379 e. The molecule has 0 aromatic heterocycles. The molecule has 1 unspecified atom stereocenters. The highest BCUT2D eigenvalue weighted by atomic mass is 16.5. The highest BCUT2D eigenvalue weighted by Gasteiger charge is 2.24. The lowest BCUT2D eigenvalue weighted by Gasteiger charge is -2.32. The number of nitrogens with zero attached hydrogens (tertiary/aromatic N) is 1. The largest absolute Gasteiger partial charge is 0.379 e. The van der Waals surface area contributed by atoms with Gasteiger partial charge in [0.15, 0.2) is 0 Å². The summed E-state index contributed by atoms with van der Waals surface area (Å²) in [5, 5.41) is 6.28. The number of carbonyl (C=O) groups excluding carboxylic acids is 1. The summed E-state index contributed by atoms with van der Waals surface area (Å²) >= 11 is 0. The van der Waals surface area contributed by atoms with Crippen LogP contribution in [0.25, 0.3) is 0 Å². The Balaban J connectivity index is 1.73. The summed E-state index contributed by atoms with van der Waals surface area (Å²) in [6.07, 6.45) is 3.04. The Bertz CT molecular complexity index is 233. The van der Waals surface area contributed by atoms with Gasteiger partial charge in [0, 0.05) is 25.7 Å². The van der Waals surface area contributed by atoms with E-state index in [0.717, 1.165) is 39.0 Å². The number of likely N-dealkylation sites (tertiary alicyclic amines) is 1. The Morgan fingerprint density at radius 2 is 2.00 bits per heavy atom. The summed E-state index contributed by atoms with van der Waals surface area (Å²) in [5.41, 5.74) is 0. The zero-order chi connectivity index (χ0) is 11.4. The van der Waals surface area contributed by atoms with Crippen molar-refractivity contribution in [1.82, 2.24) is 15.5 Å². The molecule has 0 saturated carbocycles. The molecule has 2 fully saturated rings. The predicted molar refractivity (Wildman–Crippen MR) is 61.4 cm³/mol. The van der Waals surface area contributed by atoms with Crippen molar-refractivity contribution in [2.75, 3.05) is 33.4 Å². The second-order valence-electron chi connectivity index (χ2n) is 4.56. The Morgan fingerprint density at radius 3 is 2.56 bits per heavy atom. The van der Waals surface area contributed by atoms with E-state index in [9.17, 15) is 4.79 Å². The molecule has 16 heavy (non-hydrogen) atoms. The quantitative estimate of drug-likeness (QED) is 0.707. The number of carbonyl (C=O) groups is 1. The average molecular weight is 227 g/mol. The fourth-order valence-corrected chi connectivity index (χ4v) is 2.29. The van der Waals surface area contributed by atoms with Crippen LogP contribution in [-0.2, 0) is 4.74 Å². The van der Waals surface area contributed by atoms with E-state index in [4.69, 9.17) is 4.74 Å². The van der Waals surface area contributed by atoms with Gasteiger partial charge in [-0.1, -0.05) is 0 Å². The number of rotatable bonds is 2.